The summed E-state index contributed by atoms with van der Waals surface area (Å²) in [6.07, 6.45) is 4.92. The average Bonchev–Trinajstić information content (AvgIpc) is 3.21. The van der Waals surface area contributed by atoms with Crippen LogP contribution in [0.4, 0.5) is 0 Å². The third kappa shape index (κ3) is 4.66. The molecule has 0 spiro atoms. The van der Waals surface area contributed by atoms with Crippen LogP contribution in [-0.2, 0) is 16.1 Å². The average molecular weight is 266 g/mol. The molecule has 0 unspecified atom stereocenters. The zero-order valence-corrected chi connectivity index (χ0v) is 11.3. The van der Waals surface area contributed by atoms with Crippen LogP contribution in [0, 0.1) is 0 Å². The van der Waals surface area contributed by atoms with Crippen LogP contribution in [0.3, 0.4) is 0 Å². The summed E-state index contributed by atoms with van der Waals surface area (Å²) in [4.78, 5) is 15.3. The molecule has 0 saturated heterocycles. The lowest BCUT2D eigenvalue weighted by Gasteiger charge is -2.04. The van der Waals surface area contributed by atoms with Gasteiger partial charge in [-0.3, -0.25) is 4.79 Å². The Morgan fingerprint density at radius 3 is 3.00 bits per heavy atom. The van der Waals surface area contributed by atoms with Crippen LogP contribution in [0.5, 0.6) is 0 Å². The van der Waals surface area contributed by atoms with Gasteiger partial charge in [0, 0.05) is 24.5 Å². The normalized spacial score (nSPS) is 14.5. The molecule has 0 atom stereocenters. The lowest BCUT2D eigenvalue weighted by atomic mass is 10.3. The first-order chi connectivity index (χ1) is 8.78. The Bertz CT molecular complexity index is 390. The Kier molecular flexibility index (Phi) is 5.01. The second-order valence-corrected chi connectivity index (χ2v) is 5.45. The van der Waals surface area contributed by atoms with Crippen molar-refractivity contribution in [1.29, 1.82) is 0 Å². The third-order valence-corrected chi connectivity index (χ3v) is 3.70. The molecule has 2 rings (SSSR count). The van der Waals surface area contributed by atoms with Crippen molar-refractivity contribution in [3.8, 4) is 0 Å². The summed E-state index contributed by atoms with van der Waals surface area (Å²) in [5.74, 6) is 0.534. The molecule has 0 aliphatic heterocycles. The third-order valence-electron chi connectivity index (χ3n) is 2.75. The lowest BCUT2D eigenvalue weighted by Crippen LogP contribution is -2.15. The maximum atomic E-state index is 10.9. The Balaban J connectivity index is 1.70. The van der Waals surface area contributed by atoms with Crippen LogP contribution in [-0.4, -0.2) is 29.9 Å². The molecule has 98 valence electrons. The van der Waals surface area contributed by atoms with Crippen molar-refractivity contribution in [2.24, 2.45) is 0 Å². The highest BCUT2D eigenvalue weighted by Crippen LogP contribution is 2.20. The highest BCUT2D eigenvalue weighted by Gasteiger charge is 2.19. The first-order valence-electron chi connectivity index (χ1n) is 6.16. The van der Waals surface area contributed by atoms with Crippen molar-refractivity contribution in [2.75, 3.05) is 12.9 Å². The zero-order chi connectivity index (χ0) is 12.8. The van der Waals surface area contributed by atoms with Gasteiger partial charge in [-0.1, -0.05) is 6.07 Å². The zero-order valence-electron chi connectivity index (χ0n) is 10.5. The molecule has 1 aromatic heterocycles. The lowest BCUT2D eigenvalue weighted by molar-refractivity contribution is -0.140. The SMILES string of the molecule is COC(=O)CCSc1ccc(CNC2CC2)cn1. The Hall–Kier alpha value is -1.07. The smallest absolute Gasteiger partial charge is 0.306 e. The quantitative estimate of drug-likeness (QED) is 0.604. The summed E-state index contributed by atoms with van der Waals surface area (Å²) in [7, 11) is 1.41. The fraction of sp³-hybridized carbons (Fsp3) is 0.538. The highest BCUT2D eigenvalue weighted by molar-refractivity contribution is 7.99. The van der Waals surface area contributed by atoms with Gasteiger partial charge in [-0.15, -0.1) is 11.8 Å². The van der Waals surface area contributed by atoms with Gasteiger partial charge in [0.2, 0.25) is 0 Å². The minimum absolute atomic E-state index is 0.173. The summed E-state index contributed by atoms with van der Waals surface area (Å²) in [5, 5.41) is 4.40. The molecule has 5 heteroatoms. The van der Waals surface area contributed by atoms with Gasteiger partial charge < -0.3 is 10.1 Å². The molecule has 1 aliphatic carbocycles. The summed E-state index contributed by atoms with van der Waals surface area (Å²) in [5.41, 5.74) is 1.21. The second-order valence-electron chi connectivity index (χ2n) is 4.33. The fourth-order valence-corrected chi connectivity index (χ4v) is 2.26. The standard InChI is InChI=1S/C13H18N2O2S/c1-17-13(16)6-7-18-12-5-2-10(9-15-12)8-14-11-3-4-11/h2,5,9,11,14H,3-4,6-8H2,1H3. The van der Waals surface area contributed by atoms with E-state index in [0.717, 1.165) is 17.6 Å². The number of pyridine rings is 1. The van der Waals surface area contributed by atoms with Crippen LogP contribution in [0.15, 0.2) is 23.4 Å². The van der Waals surface area contributed by atoms with Gasteiger partial charge in [0.05, 0.1) is 18.6 Å². The number of hydrogen-bond donors (Lipinski definition) is 1. The van der Waals surface area contributed by atoms with E-state index in [1.807, 2.05) is 12.3 Å². The fourth-order valence-electron chi connectivity index (χ4n) is 1.49. The van der Waals surface area contributed by atoms with E-state index in [-0.39, 0.29) is 5.97 Å². The number of carbonyl (C=O) groups excluding carboxylic acids is 1. The van der Waals surface area contributed by atoms with Gasteiger partial charge in [-0.2, -0.15) is 0 Å². The van der Waals surface area contributed by atoms with Gasteiger partial charge in [-0.25, -0.2) is 4.98 Å². The molecule has 1 aromatic rings. The number of rotatable bonds is 7. The number of methoxy groups -OCH3 is 1. The van der Waals surface area contributed by atoms with Crippen molar-refractivity contribution in [2.45, 2.75) is 36.9 Å². The van der Waals surface area contributed by atoms with Crippen molar-refractivity contribution < 1.29 is 9.53 Å². The first-order valence-corrected chi connectivity index (χ1v) is 7.14. The minimum atomic E-state index is -0.173. The van der Waals surface area contributed by atoms with E-state index in [0.29, 0.717) is 12.2 Å². The molecular formula is C13H18N2O2S. The van der Waals surface area contributed by atoms with Crippen LogP contribution in [0.2, 0.25) is 0 Å². The Morgan fingerprint density at radius 1 is 1.56 bits per heavy atom. The molecule has 0 aromatic carbocycles. The van der Waals surface area contributed by atoms with E-state index in [1.165, 1.54) is 25.5 Å². The van der Waals surface area contributed by atoms with Crippen molar-refractivity contribution in [3.05, 3.63) is 23.9 Å². The number of carbonyl (C=O) groups is 1. The largest absolute Gasteiger partial charge is 0.469 e. The van der Waals surface area contributed by atoms with E-state index in [2.05, 4.69) is 21.1 Å². The van der Waals surface area contributed by atoms with Crippen molar-refractivity contribution >= 4 is 17.7 Å². The van der Waals surface area contributed by atoms with E-state index in [4.69, 9.17) is 0 Å². The number of nitrogens with zero attached hydrogens (tertiary/aromatic N) is 1. The summed E-state index contributed by atoms with van der Waals surface area (Å²) < 4.78 is 4.59. The molecule has 1 heterocycles. The van der Waals surface area contributed by atoms with Gasteiger partial charge >= 0.3 is 5.97 Å². The molecule has 1 aliphatic rings. The van der Waals surface area contributed by atoms with Gasteiger partial charge in [0.15, 0.2) is 0 Å². The Morgan fingerprint density at radius 2 is 2.39 bits per heavy atom. The number of esters is 1. The van der Waals surface area contributed by atoms with Crippen molar-refractivity contribution in [3.63, 3.8) is 0 Å². The summed E-state index contributed by atoms with van der Waals surface area (Å²) in [6.45, 7) is 0.894. The summed E-state index contributed by atoms with van der Waals surface area (Å²) >= 11 is 1.58. The molecular weight excluding hydrogens is 248 g/mol. The van der Waals surface area contributed by atoms with E-state index >= 15 is 0 Å². The van der Waals surface area contributed by atoms with Gasteiger partial charge in [0.25, 0.3) is 0 Å². The predicted molar refractivity (Wildman–Crippen MR) is 71.5 cm³/mol. The minimum Gasteiger partial charge on any atom is -0.469 e. The molecule has 1 saturated carbocycles. The van der Waals surface area contributed by atoms with Crippen LogP contribution in [0.1, 0.15) is 24.8 Å². The predicted octanol–water partition coefficient (Wildman–Crippen LogP) is 1.99. The molecule has 1 fully saturated rings. The van der Waals surface area contributed by atoms with Crippen molar-refractivity contribution in [1.82, 2.24) is 10.3 Å². The molecule has 4 nitrogen and oxygen atoms in total. The Labute approximate surface area is 112 Å². The summed E-state index contributed by atoms with van der Waals surface area (Å²) in [6, 6.07) is 4.81. The first kappa shape index (κ1) is 13.4. The van der Waals surface area contributed by atoms with E-state index < -0.39 is 0 Å². The van der Waals surface area contributed by atoms with E-state index in [1.54, 1.807) is 11.8 Å². The van der Waals surface area contributed by atoms with Crippen LogP contribution in [0.25, 0.3) is 0 Å². The van der Waals surface area contributed by atoms with Gasteiger partial charge in [0.1, 0.15) is 0 Å². The van der Waals surface area contributed by atoms with Crippen LogP contribution >= 0.6 is 11.8 Å². The number of ether oxygens (including phenoxy) is 1. The molecule has 0 bridgehead atoms. The van der Waals surface area contributed by atoms with E-state index in [9.17, 15) is 4.79 Å². The molecule has 0 amide bonds. The van der Waals surface area contributed by atoms with Crippen LogP contribution < -0.4 is 5.32 Å². The highest BCUT2D eigenvalue weighted by atomic mass is 32.2. The molecule has 18 heavy (non-hydrogen) atoms. The number of nitrogens with one attached hydrogen (secondary N) is 1. The topological polar surface area (TPSA) is 51.2 Å². The second kappa shape index (κ2) is 6.75. The number of thioether (sulfide) groups is 1. The maximum absolute atomic E-state index is 10.9. The number of aromatic nitrogens is 1. The van der Waals surface area contributed by atoms with Gasteiger partial charge in [-0.05, 0) is 24.5 Å². The molecule has 0 radical (unpaired) electrons. The molecule has 1 N–H and O–H groups in total. The number of hydrogen-bond acceptors (Lipinski definition) is 5. The monoisotopic (exact) mass is 266 g/mol. The maximum Gasteiger partial charge on any atom is 0.306 e.